The molecule has 0 bridgehead atoms. The first-order valence-electron chi connectivity index (χ1n) is 9.85. The second-order valence-electron chi connectivity index (χ2n) is 7.22. The number of nitrogens with zero attached hydrogens (tertiary/aromatic N) is 2. The van der Waals surface area contributed by atoms with E-state index in [0.717, 1.165) is 23.1 Å². The Labute approximate surface area is 184 Å². The number of halogens is 1. The smallest absolute Gasteiger partial charge is 0.313 e. The fraction of sp³-hybridized carbons (Fsp3) is 0.318. The van der Waals surface area contributed by atoms with Crippen LogP contribution in [0.25, 0.3) is 0 Å². The Morgan fingerprint density at radius 1 is 0.967 bits per heavy atom. The van der Waals surface area contributed by atoms with Gasteiger partial charge in [-0.2, -0.15) is 0 Å². The van der Waals surface area contributed by atoms with E-state index >= 15 is 0 Å². The minimum absolute atomic E-state index is 0.0250. The Morgan fingerprint density at radius 2 is 1.67 bits per heavy atom. The minimum Gasteiger partial charge on any atom is -0.347 e. The van der Waals surface area contributed by atoms with Crippen molar-refractivity contribution in [2.75, 3.05) is 44.6 Å². The molecule has 3 rings (SSSR count). The van der Waals surface area contributed by atoms with Crippen LogP contribution in [0.5, 0.6) is 0 Å². The van der Waals surface area contributed by atoms with Crippen molar-refractivity contribution in [3.8, 4) is 0 Å². The van der Waals surface area contributed by atoms with Crippen molar-refractivity contribution in [2.45, 2.75) is 6.92 Å². The van der Waals surface area contributed by atoms with E-state index in [-0.39, 0.29) is 5.91 Å². The number of hydrogen-bond acceptors (Lipinski definition) is 4. The van der Waals surface area contributed by atoms with E-state index < -0.39 is 11.8 Å². The highest BCUT2D eigenvalue weighted by atomic mass is 79.9. The molecule has 0 aromatic heterocycles. The molecule has 1 fully saturated rings. The summed E-state index contributed by atoms with van der Waals surface area (Å²) < 4.78 is 0.883. The van der Waals surface area contributed by atoms with Gasteiger partial charge in [-0.25, -0.2) is 0 Å². The Hall–Kier alpha value is -2.71. The van der Waals surface area contributed by atoms with Gasteiger partial charge in [-0.1, -0.05) is 39.7 Å². The van der Waals surface area contributed by atoms with E-state index in [2.05, 4.69) is 31.5 Å². The fourth-order valence-electron chi connectivity index (χ4n) is 3.21. The number of carbonyl (C=O) groups excluding carboxylic acids is 3. The summed E-state index contributed by atoms with van der Waals surface area (Å²) in [7, 11) is 0. The van der Waals surface area contributed by atoms with Crippen molar-refractivity contribution in [3.05, 3.63) is 64.1 Å². The third-order valence-electron chi connectivity index (χ3n) is 4.96. The second kappa shape index (κ2) is 10.4. The molecule has 158 valence electrons. The van der Waals surface area contributed by atoms with Gasteiger partial charge in [0, 0.05) is 55.0 Å². The van der Waals surface area contributed by atoms with Gasteiger partial charge in [-0.05, 0) is 37.3 Å². The monoisotopic (exact) mass is 472 g/mol. The average Bonchev–Trinajstić information content (AvgIpc) is 2.75. The van der Waals surface area contributed by atoms with Gasteiger partial charge < -0.3 is 15.5 Å². The van der Waals surface area contributed by atoms with Crippen LogP contribution in [0.1, 0.15) is 15.9 Å². The lowest BCUT2D eigenvalue weighted by molar-refractivity contribution is -0.136. The predicted octanol–water partition coefficient (Wildman–Crippen LogP) is 2.27. The van der Waals surface area contributed by atoms with E-state index in [1.165, 1.54) is 0 Å². The van der Waals surface area contributed by atoms with Gasteiger partial charge in [0.1, 0.15) is 0 Å². The lowest BCUT2D eigenvalue weighted by Crippen LogP contribution is -2.50. The van der Waals surface area contributed by atoms with Crippen LogP contribution < -0.4 is 10.6 Å². The minimum atomic E-state index is -0.678. The molecule has 7 nitrogen and oxygen atoms in total. The molecule has 0 saturated carbocycles. The third-order valence-corrected chi connectivity index (χ3v) is 5.45. The van der Waals surface area contributed by atoms with E-state index in [0.29, 0.717) is 37.4 Å². The molecule has 30 heavy (non-hydrogen) atoms. The molecule has 2 aromatic carbocycles. The highest BCUT2D eigenvalue weighted by Gasteiger charge is 2.22. The van der Waals surface area contributed by atoms with Gasteiger partial charge in [-0.15, -0.1) is 0 Å². The number of hydrogen-bond donors (Lipinski definition) is 2. The Balaban J connectivity index is 1.37. The summed E-state index contributed by atoms with van der Waals surface area (Å²) in [6.07, 6.45) is 0. The maximum atomic E-state index is 12.6. The van der Waals surface area contributed by atoms with Crippen LogP contribution in [0.4, 0.5) is 5.69 Å². The number of piperazine rings is 1. The summed E-state index contributed by atoms with van der Waals surface area (Å²) in [5.41, 5.74) is 2.34. The second-order valence-corrected chi connectivity index (χ2v) is 8.14. The van der Waals surface area contributed by atoms with Crippen molar-refractivity contribution in [1.82, 2.24) is 15.1 Å². The number of nitrogens with one attached hydrogen (secondary N) is 2. The van der Waals surface area contributed by atoms with Crippen LogP contribution in [-0.2, 0) is 9.59 Å². The van der Waals surface area contributed by atoms with Crippen molar-refractivity contribution in [3.63, 3.8) is 0 Å². The van der Waals surface area contributed by atoms with Gasteiger partial charge in [0.05, 0.1) is 0 Å². The van der Waals surface area contributed by atoms with Crippen LogP contribution >= 0.6 is 15.9 Å². The molecule has 3 amide bonds. The summed E-state index contributed by atoms with van der Waals surface area (Å²) in [4.78, 5) is 40.6. The molecule has 0 aliphatic carbocycles. The van der Waals surface area contributed by atoms with Gasteiger partial charge in [0.2, 0.25) is 0 Å². The molecule has 0 radical (unpaired) electrons. The average molecular weight is 473 g/mol. The number of rotatable bonds is 5. The zero-order valence-corrected chi connectivity index (χ0v) is 18.4. The maximum absolute atomic E-state index is 12.6. The number of aryl methyl sites for hydroxylation is 1. The summed E-state index contributed by atoms with van der Waals surface area (Å²) in [5.74, 6) is -1.31. The number of benzene rings is 2. The van der Waals surface area contributed by atoms with Crippen molar-refractivity contribution in [1.29, 1.82) is 0 Å². The van der Waals surface area contributed by atoms with Crippen LogP contribution in [0.3, 0.4) is 0 Å². The van der Waals surface area contributed by atoms with Crippen molar-refractivity contribution in [2.24, 2.45) is 0 Å². The largest absolute Gasteiger partial charge is 0.347 e. The molecule has 0 atom stereocenters. The molecular formula is C22H25BrN4O3. The van der Waals surface area contributed by atoms with Crippen LogP contribution in [-0.4, -0.2) is 66.8 Å². The van der Waals surface area contributed by atoms with Gasteiger partial charge in [0.15, 0.2) is 0 Å². The number of carbonyl (C=O) groups is 3. The zero-order valence-electron chi connectivity index (χ0n) is 16.9. The fourth-order valence-corrected chi connectivity index (χ4v) is 3.61. The highest BCUT2D eigenvalue weighted by Crippen LogP contribution is 2.14. The van der Waals surface area contributed by atoms with E-state index in [1.54, 1.807) is 12.1 Å². The third kappa shape index (κ3) is 6.14. The number of amides is 3. The van der Waals surface area contributed by atoms with Crippen molar-refractivity contribution >= 4 is 39.3 Å². The van der Waals surface area contributed by atoms with E-state index in [1.807, 2.05) is 48.2 Å². The first-order valence-corrected chi connectivity index (χ1v) is 10.6. The zero-order chi connectivity index (χ0) is 21.5. The molecular weight excluding hydrogens is 448 g/mol. The summed E-state index contributed by atoms with van der Waals surface area (Å²) in [6, 6.07) is 14.6. The Kier molecular flexibility index (Phi) is 7.59. The molecule has 2 aromatic rings. The standard InChI is InChI=1S/C22H25BrN4O3/c1-16-5-7-19(8-6-16)25-21(29)20(28)24-9-10-26-11-13-27(14-12-26)22(30)17-3-2-4-18(23)15-17/h2-8,15H,9-14H2,1H3,(H,24,28)(H,25,29). The predicted molar refractivity (Wildman–Crippen MR) is 119 cm³/mol. The summed E-state index contributed by atoms with van der Waals surface area (Å²) in [5, 5.41) is 5.23. The van der Waals surface area contributed by atoms with Gasteiger partial charge in [0.25, 0.3) is 5.91 Å². The Bertz CT molecular complexity index is 909. The molecule has 1 heterocycles. The summed E-state index contributed by atoms with van der Waals surface area (Å²) >= 11 is 3.39. The van der Waals surface area contributed by atoms with Crippen LogP contribution in [0, 0.1) is 6.92 Å². The van der Waals surface area contributed by atoms with Crippen LogP contribution in [0.2, 0.25) is 0 Å². The maximum Gasteiger partial charge on any atom is 0.313 e. The quantitative estimate of drug-likeness (QED) is 0.653. The SMILES string of the molecule is Cc1ccc(NC(=O)C(=O)NCCN2CCN(C(=O)c3cccc(Br)c3)CC2)cc1. The van der Waals surface area contributed by atoms with Crippen LogP contribution in [0.15, 0.2) is 53.0 Å². The number of anilines is 1. The summed E-state index contributed by atoms with van der Waals surface area (Å²) in [6.45, 7) is 5.67. The first-order chi connectivity index (χ1) is 14.4. The Morgan fingerprint density at radius 3 is 2.33 bits per heavy atom. The first kappa shape index (κ1) is 22.0. The lowest BCUT2D eigenvalue weighted by atomic mass is 10.2. The normalized spacial score (nSPS) is 14.3. The van der Waals surface area contributed by atoms with Gasteiger partial charge >= 0.3 is 11.8 Å². The van der Waals surface area contributed by atoms with Gasteiger partial charge in [-0.3, -0.25) is 19.3 Å². The molecule has 2 N–H and O–H groups in total. The molecule has 1 saturated heterocycles. The molecule has 1 aliphatic rings. The topological polar surface area (TPSA) is 81.8 Å². The molecule has 0 spiro atoms. The van der Waals surface area contributed by atoms with E-state index in [9.17, 15) is 14.4 Å². The van der Waals surface area contributed by atoms with Crippen molar-refractivity contribution < 1.29 is 14.4 Å². The molecule has 1 aliphatic heterocycles. The molecule has 0 unspecified atom stereocenters. The molecule has 8 heteroatoms. The highest BCUT2D eigenvalue weighted by molar-refractivity contribution is 9.10. The van der Waals surface area contributed by atoms with E-state index in [4.69, 9.17) is 0 Å². The lowest BCUT2D eigenvalue weighted by Gasteiger charge is -2.34.